The highest BCUT2D eigenvalue weighted by atomic mass is 32.2. The van der Waals surface area contributed by atoms with Crippen molar-refractivity contribution in [3.63, 3.8) is 0 Å². The topological polar surface area (TPSA) is 12.0 Å². The molecule has 1 fully saturated rings. The van der Waals surface area contributed by atoms with Crippen molar-refractivity contribution in [3.05, 3.63) is 0 Å². The van der Waals surface area contributed by atoms with Gasteiger partial charge >= 0.3 is 0 Å². The maximum atomic E-state index is 3.78. The van der Waals surface area contributed by atoms with Crippen LogP contribution in [0.5, 0.6) is 0 Å². The van der Waals surface area contributed by atoms with Gasteiger partial charge in [-0.3, -0.25) is 0 Å². The van der Waals surface area contributed by atoms with Gasteiger partial charge in [-0.2, -0.15) is 23.5 Å². The summed E-state index contributed by atoms with van der Waals surface area (Å²) in [6, 6.07) is 0.725. The maximum absolute atomic E-state index is 3.78. The van der Waals surface area contributed by atoms with Gasteiger partial charge in [0.15, 0.2) is 0 Å². The van der Waals surface area contributed by atoms with Gasteiger partial charge < -0.3 is 5.32 Å². The molecule has 0 saturated carbocycles. The lowest BCUT2D eigenvalue weighted by Crippen LogP contribution is -2.46. The highest BCUT2D eigenvalue weighted by Crippen LogP contribution is 2.37. The number of rotatable bonds is 8. The van der Waals surface area contributed by atoms with E-state index in [1.807, 2.05) is 0 Å². The molecule has 108 valence electrons. The van der Waals surface area contributed by atoms with Crippen LogP contribution in [0.2, 0.25) is 0 Å². The van der Waals surface area contributed by atoms with Crippen LogP contribution in [-0.2, 0) is 0 Å². The number of nitrogens with one attached hydrogen (secondary N) is 1. The number of thioether (sulfide) groups is 2. The van der Waals surface area contributed by atoms with E-state index in [4.69, 9.17) is 0 Å². The average Bonchev–Trinajstić information content (AvgIpc) is 2.43. The Kier molecular flexibility index (Phi) is 8.86. The first-order chi connectivity index (χ1) is 8.76. The van der Waals surface area contributed by atoms with Crippen molar-refractivity contribution in [1.82, 2.24) is 5.32 Å². The molecule has 3 atom stereocenters. The van der Waals surface area contributed by atoms with Crippen molar-refractivity contribution in [2.75, 3.05) is 18.1 Å². The lowest BCUT2D eigenvalue weighted by atomic mass is 9.92. The van der Waals surface area contributed by atoms with Gasteiger partial charge in [-0.15, -0.1) is 0 Å². The van der Waals surface area contributed by atoms with Crippen LogP contribution >= 0.6 is 23.5 Å². The smallest absolute Gasteiger partial charge is 0.0320 e. The van der Waals surface area contributed by atoms with Crippen LogP contribution in [0, 0.1) is 5.92 Å². The van der Waals surface area contributed by atoms with Gasteiger partial charge in [0.25, 0.3) is 0 Å². The van der Waals surface area contributed by atoms with Crippen molar-refractivity contribution in [3.8, 4) is 0 Å². The zero-order valence-electron chi connectivity index (χ0n) is 12.6. The largest absolute Gasteiger partial charge is 0.313 e. The molecule has 0 aliphatic carbocycles. The Bertz CT molecular complexity index is 207. The molecule has 3 unspecified atom stereocenters. The lowest BCUT2D eigenvalue weighted by molar-refractivity contribution is 0.358. The number of hydrogen-bond acceptors (Lipinski definition) is 3. The third kappa shape index (κ3) is 4.97. The summed E-state index contributed by atoms with van der Waals surface area (Å²) in [6.45, 7) is 10.4. The monoisotopic (exact) mass is 289 g/mol. The Morgan fingerprint density at radius 1 is 1.06 bits per heavy atom. The van der Waals surface area contributed by atoms with E-state index in [9.17, 15) is 0 Å². The summed E-state index contributed by atoms with van der Waals surface area (Å²) < 4.78 is 0. The summed E-state index contributed by atoms with van der Waals surface area (Å²) in [6.07, 6.45) is 5.36. The third-order valence-corrected chi connectivity index (χ3v) is 7.51. The zero-order valence-corrected chi connectivity index (χ0v) is 14.2. The Morgan fingerprint density at radius 2 is 1.72 bits per heavy atom. The van der Waals surface area contributed by atoms with Crippen molar-refractivity contribution in [2.45, 2.75) is 69.9 Å². The van der Waals surface area contributed by atoms with Gasteiger partial charge in [0.2, 0.25) is 0 Å². The van der Waals surface area contributed by atoms with Crippen LogP contribution in [-0.4, -0.2) is 34.6 Å². The first-order valence-electron chi connectivity index (χ1n) is 7.73. The minimum atomic E-state index is 0.725. The van der Waals surface area contributed by atoms with Crippen LogP contribution in [0.15, 0.2) is 0 Å². The molecule has 0 aromatic heterocycles. The third-order valence-electron chi connectivity index (χ3n) is 4.10. The molecule has 1 aliphatic heterocycles. The fourth-order valence-corrected chi connectivity index (χ4v) is 6.17. The van der Waals surface area contributed by atoms with E-state index >= 15 is 0 Å². The average molecular weight is 290 g/mol. The van der Waals surface area contributed by atoms with Gasteiger partial charge in [0.05, 0.1) is 0 Å². The Morgan fingerprint density at radius 3 is 2.28 bits per heavy atom. The van der Waals surface area contributed by atoms with Crippen LogP contribution in [0.3, 0.4) is 0 Å². The molecule has 0 bridgehead atoms. The highest BCUT2D eigenvalue weighted by molar-refractivity contribution is 8.07. The Balaban J connectivity index is 2.62. The molecule has 0 spiro atoms. The van der Waals surface area contributed by atoms with Crippen molar-refractivity contribution >= 4 is 23.5 Å². The van der Waals surface area contributed by atoms with E-state index in [-0.39, 0.29) is 0 Å². The molecular weight excluding hydrogens is 258 g/mol. The lowest BCUT2D eigenvalue weighted by Gasteiger charge is -2.37. The second kappa shape index (κ2) is 9.55. The summed E-state index contributed by atoms with van der Waals surface area (Å²) in [5.41, 5.74) is 0. The summed E-state index contributed by atoms with van der Waals surface area (Å²) in [5, 5.41) is 5.47. The first kappa shape index (κ1) is 16.7. The fourth-order valence-electron chi connectivity index (χ4n) is 2.89. The minimum Gasteiger partial charge on any atom is -0.313 e. The molecule has 0 aromatic carbocycles. The molecule has 1 aliphatic rings. The minimum absolute atomic E-state index is 0.725. The van der Waals surface area contributed by atoms with Crippen LogP contribution in [0.1, 0.15) is 53.4 Å². The molecule has 1 nitrogen and oxygen atoms in total. The molecule has 1 heterocycles. The number of hydrogen-bond donors (Lipinski definition) is 1. The second-order valence-electron chi connectivity index (χ2n) is 5.24. The van der Waals surface area contributed by atoms with Gasteiger partial charge in [0, 0.05) is 28.0 Å². The molecule has 1 saturated heterocycles. The molecule has 0 amide bonds. The molecule has 0 aromatic rings. The quantitative estimate of drug-likeness (QED) is 0.710. The predicted octanol–water partition coefficient (Wildman–Crippen LogP) is 4.42. The van der Waals surface area contributed by atoms with Crippen molar-refractivity contribution in [2.24, 2.45) is 5.92 Å². The van der Waals surface area contributed by atoms with Crippen LogP contribution in [0.4, 0.5) is 0 Å². The Hall–Kier alpha value is 0.660. The van der Waals surface area contributed by atoms with Gasteiger partial charge in [-0.25, -0.2) is 0 Å². The van der Waals surface area contributed by atoms with Gasteiger partial charge in [-0.05, 0) is 25.3 Å². The molecule has 0 radical (unpaired) electrons. The van der Waals surface area contributed by atoms with E-state index in [0.29, 0.717) is 0 Å². The van der Waals surface area contributed by atoms with Crippen LogP contribution in [0.25, 0.3) is 0 Å². The zero-order chi connectivity index (χ0) is 13.4. The predicted molar refractivity (Wildman–Crippen MR) is 88.9 cm³/mol. The van der Waals surface area contributed by atoms with E-state index < -0.39 is 0 Å². The molecule has 1 rings (SSSR count). The summed E-state index contributed by atoms with van der Waals surface area (Å²) in [7, 11) is 0. The van der Waals surface area contributed by atoms with E-state index in [1.54, 1.807) is 0 Å². The second-order valence-corrected chi connectivity index (χ2v) is 7.87. The van der Waals surface area contributed by atoms with Crippen molar-refractivity contribution < 1.29 is 0 Å². The standard InChI is InChI=1S/C15H31NS2/c1-5-12(6-2)11-13(16-8-4)15-14(7-3)17-9-10-18-15/h12-16H,5-11H2,1-4H3. The molecular formula is C15H31NS2. The van der Waals surface area contributed by atoms with Crippen LogP contribution < -0.4 is 5.32 Å². The summed E-state index contributed by atoms with van der Waals surface area (Å²) >= 11 is 4.43. The van der Waals surface area contributed by atoms with Crippen molar-refractivity contribution in [1.29, 1.82) is 0 Å². The first-order valence-corrected chi connectivity index (χ1v) is 9.82. The SMILES string of the molecule is CCNC(CC(CC)CC)C1SCCSC1CC. The fraction of sp³-hybridized carbons (Fsp3) is 1.00. The van der Waals surface area contributed by atoms with Gasteiger partial charge in [-0.1, -0.05) is 40.5 Å². The van der Waals surface area contributed by atoms with E-state index in [1.165, 1.54) is 37.2 Å². The molecule has 3 heteroatoms. The summed E-state index contributed by atoms with van der Waals surface area (Å²) in [5.74, 6) is 3.60. The summed E-state index contributed by atoms with van der Waals surface area (Å²) in [4.78, 5) is 0. The van der Waals surface area contributed by atoms with Gasteiger partial charge in [0.1, 0.15) is 0 Å². The molecule has 1 N–H and O–H groups in total. The normalized spacial score (nSPS) is 26.5. The molecule has 18 heavy (non-hydrogen) atoms. The van der Waals surface area contributed by atoms with E-state index in [2.05, 4.69) is 56.5 Å². The van der Waals surface area contributed by atoms with E-state index in [0.717, 1.165) is 29.0 Å². The maximum Gasteiger partial charge on any atom is 0.0320 e. The highest BCUT2D eigenvalue weighted by Gasteiger charge is 2.32. The Labute approximate surface area is 123 Å².